The quantitative estimate of drug-likeness (QED) is 0.674. The largest absolute Gasteiger partial charge is 0.493 e. The molecule has 1 saturated heterocycles. The molecular formula is C21H31N3O3. The summed E-state index contributed by atoms with van der Waals surface area (Å²) >= 11 is 0. The summed E-state index contributed by atoms with van der Waals surface area (Å²) in [5, 5.41) is 4.50. The van der Waals surface area contributed by atoms with Gasteiger partial charge in [-0.1, -0.05) is 6.07 Å². The topological polar surface area (TPSA) is 48.8 Å². The SMILES string of the molecule is CCn1ncc(CN(Cc2ccc(OC)c(OC)c2)CC2CCCO2)c1C. The van der Waals surface area contributed by atoms with E-state index in [0.717, 1.165) is 57.1 Å². The molecule has 1 aliphatic rings. The lowest BCUT2D eigenvalue weighted by atomic mass is 10.1. The third-order valence-electron chi connectivity index (χ3n) is 5.24. The zero-order valence-corrected chi connectivity index (χ0v) is 16.9. The van der Waals surface area contributed by atoms with Crippen molar-refractivity contribution in [1.82, 2.24) is 14.7 Å². The van der Waals surface area contributed by atoms with E-state index in [1.54, 1.807) is 14.2 Å². The molecule has 0 spiro atoms. The summed E-state index contributed by atoms with van der Waals surface area (Å²) in [6.45, 7) is 8.65. The molecule has 1 unspecified atom stereocenters. The van der Waals surface area contributed by atoms with Crippen LogP contribution in [0.1, 0.15) is 36.6 Å². The third kappa shape index (κ3) is 4.82. The number of methoxy groups -OCH3 is 2. The van der Waals surface area contributed by atoms with Crippen molar-refractivity contribution in [3.05, 3.63) is 41.2 Å². The molecule has 2 heterocycles. The molecule has 0 saturated carbocycles. The summed E-state index contributed by atoms with van der Waals surface area (Å²) in [7, 11) is 3.34. The fourth-order valence-corrected chi connectivity index (χ4v) is 3.70. The fourth-order valence-electron chi connectivity index (χ4n) is 3.70. The average molecular weight is 373 g/mol. The average Bonchev–Trinajstić information content (AvgIpc) is 3.31. The number of rotatable bonds is 9. The summed E-state index contributed by atoms with van der Waals surface area (Å²) in [6.07, 6.45) is 4.60. The molecule has 148 valence electrons. The Balaban J connectivity index is 1.77. The Labute approximate surface area is 162 Å². The molecule has 0 bridgehead atoms. The van der Waals surface area contributed by atoms with Crippen LogP contribution >= 0.6 is 0 Å². The Morgan fingerprint density at radius 3 is 2.67 bits per heavy atom. The molecule has 1 atom stereocenters. The highest BCUT2D eigenvalue weighted by atomic mass is 16.5. The Kier molecular flexibility index (Phi) is 6.74. The van der Waals surface area contributed by atoms with Gasteiger partial charge in [-0.2, -0.15) is 5.10 Å². The number of nitrogens with zero attached hydrogens (tertiary/aromatic N) is 3. The molecule has 0 N–H and O–H groups in total. The van der Waals surface area contributed by atoms with Crippen LogP contribution in [-0.4, -0.2) is 48.2 Å². The van der Waals surface area contributed by atoms with Gasteiger partial charge in [0.05, 0.1) is 26.5 Å². The van der Waals surface area contributed by atoms with E-state index in [9.17, 15) is 0 Å². The van der Waals surface area contributed by atoms with Gasteiger partial charge in [-0.15, -0.1) is 0 Å². The van der Waals surface area contributed by atoms with E-state index in [-0.39, 0.29) is 0 Å². The predicted molar refractivity (Wildman–Crippen MR) is 105 cm³/mol. The molecule has 1 aromatic carbocycles. The molecule has 6 heteroatoms. The van der Waals surface area contributed by atoms with Crippen LogP contribution in [0.15, 0.2) is 24.4 Å². The number of ether oxygens (including phenoxy) is 3. The van der Waals surface area contributed by atoms with Crippen LogP contribution in [0.5, 0.6) is 11.5 Å². The lowest BCUT2D eigenvalue weighted by molar-refractivity contribution is 0.0678. The van der Waals surface area contributed by atoms with Crippen LogP contribution in [0.3, 0.4) is 0 Å². The zero-order valence-electron chi connectivity index (χ0n) is 16.9. The van der Waals surface area contributed by atoms with Gasteiger partial charge in [0.1, 0.15) is 0 Å². The Bertz CT molecular complexity index is 738. The van der Waals surface area contributed by atoms with Crippen molar-refractivity contribution in [3.8, 4) is 11.5 Å². The number of aromatic nitrogens is 2. The zero-order chi connectivity index (χ0) is 19.2. The number of benzene rings is 1. The van der Waals surface area contributed by atoms with E-state index in [1.807, 2.05) is 12.3 Å². The lowest BCUT2D eigenvalue weighted by Crippen LogP contribution is -2.31. The fraction of sp³-hybridized carbons (Fsp3) is 0.571. The highest BCUT2D eigenvalue weighted by Crippen LogP contribution is 2.28. The highest BCUT2D eigenvalue weighted by molar-refractivity contribution is 5.42. The molecule has 0 radical (unpaired) electrons. The minimum atomic E-state index is 0.312. The predicted octanol–water partition coefficient (Wildman–Crippen LogP) is 3.41. The molecule has 1 aromatic heterocycles. The first kappa shape index (κ1) is 19.7. The monoisotopic (exact) mass is 373 g/mol. The minimum Gasteiger partial charge on any atom is -0.493 e. The van der Waals surface area contributed by atoms with Gasteiger partial charge in [0.2, 0.25) is 0 Å². The second-order valence-electron chi connectivity index (χ2n) is 7.06. The standard InChI is InChI=1S/C21H31N3O3/c1-5-24-16(2)18(12-22-24)14-23(15-19-7-6-10-27-19)13-17-8-9-20(25-3)21(11-17)26-4/h8-9,11-12,19H,5-7,10,13-15H2,1-4H3. The first-order chi connectivity index (χ1) is 13.1. The smallest absolute Gasteiger partial charge is 0.161 e. The van der Waals surface area contributed by atoms with Gasteiger partial charge in [0.25, 0.3) is 0 Å². The number of hydrogen-bond donors (Lipinski definition) is 0. The summed E-state index contributed by atoms with van der Waals surface area (Å²) < 4.78 is 18.8. The van der Waals surface area contributed by atoms with Crippen molar-refractivity contribution in [2.75, 3.05) is 27.4 Å². The molecular weight excluding hydrogens is 342 g/mol. The van der Waals surface area contributed by atoms with Crippen molar-refractivity contribution < 1.29 is 14.2 Å². The maximum Gasteiger partial charge on any atom is 0.161 e. The van der Waals surface area contributed by atoms with Gasteiger partial charge in [0, 0.05) is 44.0 Å². The normalized spacial score (nSPS) is 16.9. The van der Waals surface area contributed by atoms with Gasteiger partial charge >= 0.3 is 0 Å². The van der Waals surface area contributed by atoms with E-state index in [2.05, 4.69) is 40.7 Å². The van der Waals surface area contributed by atoms with Crippen molar-refractivity contribution in [3.63, 3.8) is 0 Å². The molecule has 3 rings (SSSR count). The van der Waals surface area contributed by atoms with Crippen LogP contribution in [0.2, 0.25) is 0 Å². The molecule has 27 heavy (non-hydrogen) atoms. The summed E-state index contributed by atoms with van der Waals surface area (Å²) in [5.74, 6) is 1.52. The van der Waals surface area contributed by atoms with E-state index >= 15 is 0 Å². The van der Waals surface area contributed by atoms with E-state index < -0.39 is 0 Å². The summed E-state index contributed by atoms with van der Waals surface area (Å²) in [4.78, 5) is 2.45. The molecule has 1 fully saturated rings. The summed E-state index contributed by atoms with van der Waals surface area (Å²) in [6, 6.07) is 6.13. The number of hydrogen-bond acceptors (Lipinski definition) is 5. The second kappa shape index (κ2) is 9.24. The van der Waals surface area contributed by atoms with Crippen molar-refractivity contribution >= 4 is 0 Å². The van der Waals surface area contributed by atoms with E-state index in [1.165, 1.54) is 16.8 Å². The molecule has 0 amide bonds. The van der Waals surface area contributed by atoms with Gasteiger partial charge in [-0.05, 0) is 44.4 Å². The van der Waals surface area contributed by atoms with E-state index in [4.69, 9.17) is 14.2 Å². The maximum absolute atomic E-state index is 5.89. The first-order valence-corrected chi connectivity index (χ1v) is 9.70. The Morgan fingerprint density at radius 1 is 1.22 bits per heavy atom. The van der Waals surface area contributed by atoms with Gasteiger partial charge in [-0.25, -0.2) is 0 Å². The van der Waals surface area contributed by atoms with Gasteiger partial charge in [0.15, 0.2) is 11.5 Å². The Morgan fingerprint density at radius 2 is 2.04 bits per heavy atom. The summed E-state index contributed by atoms with van der Waals surface area (Å²) in [5.41, 5.74) is 3.71. The van der Waals surface area contributed by atoms with Crippen molar-refractivity contribution in [2.24, 2.45) is 0 Å². The third-order valence-corrected chi connectivity index (χ3v) is 5.24. The molecule has 2 aromatic rings. The van der Waals surface area contributed by atoms with Crippen LogP contribution < -0.4 is 9.47 Å². The van der Waals surface area contributed by atoms with E-state index in [0.29, 0.717) is 6.10 Å². The van der Waals surface area contributed by atoms with Crippen LogP contribution in [-0.2, 0) is 24.4 Å². The molecule has 1 aliphatic heterocycles. The number of aryl methyl sites for hydroxylation is 1. The van der Waals surface area contributed by atoms with Crippen LogP contribution in [0.4, 0.5) is 0 Å². The maximum atomic E-state index is 5.89. The molecule has 6 nitrogen and oxygen atoms in total. The Hall–Kier alpha value is -2.05. The minimum absolute atomic E-state index is 0.312. The van der Waals surface area contributed by atoms with Crippen LogP contribution in [0.25, 0.3) is 0 Å². The lowest BCUT2D eigenvalue weighted by Gasteiger charge is -2.25. The highest BCUT2D eigenvalue weighted by Gasteiger charge is 2.21. The van der Waals surface area contributed by atoms with Gasteiger partial charge in [-0.3, -0.25) is 9.58 Å². The first-order valence-electron chi connectivity index (χ1n) is 9.70. The molecule has 0 aliphatic carbocycles. The van der Waals surface area contributed by atoms with Crippen molar-refractivity contribution in [1.29, 1.82) is 0 Å². The van der Waals surface area contributed by atoms with Gasteiger partial charge < -0.3 is 14.2 Å². The van der Waals surface area contributed by atoms with Crippen molar-refractivity contribution in [2.45, 2.75) is 52.4 Å². The second-order valence-corrected chi connectivity index (χ2v) is 7.06. The van der Waals surface area contributed by atoms with Crippen LogP contribution in [0, 0.1) is 6.92 Å².